The number of nitrogens with one attached hydrogen (secondary N) is 1. The molecule has 2 heterocycles. The zero-order valence-corrected chi connectivity index (χ0v) is 14.0. The SMILES string of the molecule is COc1ccc(-c2cc3c(Oc4ccc(C)cc4)ncnc3[nH]2)cc1. The van der Waals surface area contributed by atoms with E-state index in [1.54, 1.807) is 7.11 Å². The van der Waals surface area contributed by atoms with Gasteiger partial charge in [-0.3, -0.25) is 0 Å². The van der Waals surface area contributed by atoms with E-state index in [-0.39, 0.29) is 0 Å². The minimum Gasteiger partial charge on any atom is -0.497 e. The Morgan fingerprint density at radius 2 is 1.60 bits per heavy atom. The van der Waals surface area contributed by atoms with Crippen molar-refractivity contribution in [3.63, 3.8) is 0 Å². The van der Waals surface area contributed by atoms with Gasteiger partial charge in [-0.05, 0) is 55.0 Å². The lowest BCUT2D eigenvalue weighted by Crippen LogP contribution is -1.90. The predicted octanol–water partition coefficient (Wildman–Crippen LogP) is 4.73. The Labute approximate surface area is 145 Å². The molecule has 0 aliphatic heterocycles. The number of hydrogen-bond donors (Lipinski definition) is 1. The fraction of sp³-hybridized carbons (Fsp3) is 0.100. The predicted molar refractivity (Wildman–Crippen MR) is 97.1 cm³/mol. The lowest BCUT2D eigenvalue weighted by Gasteiger charge is -2.05. The molecule has 0 saturated heterocycles. The minimum absolute atomic E-state index is 0.532. The Balaban J connectivity index is 1.71. The van der Waals surface area contributed by atoms with Crippen molar-refractivity contribution in [1.82, 2.24) is 15.0 Å². The van der Waals surface area contributed by atoms with Gasteiger partial charge < -0.3 is 14.5 Å². The monoisotopic (exact) mass is 331 g/mol. The normalized spacial score (nSPS) is 10.8. The van der Waals surface area contributed by atoms with Crippen molar-refractivity contribution in [3.8, 4) is 28.6 Å². The van der Waals surface area contributed by atoms with Gasteiger partial charge in [-0.1, -0.05) is 17.7 Å². The first-order valence-electron chi connectivity index (χ1n) is 7.95. The maximum Gasteiger partial charge on any atom is 0.231 e. The van der Waals surface area contributed by atoms with Crippen molar-refractivity contribution in [1.29, 1.82) is 0 Å². The van der Waals surface area contributed by atoms with Gasteiger partial charge in [0.05, 0.1) is 12.5 Å². The number of hydrogen-bond acceptors (Lipinski definition) is 4. The second-order valence-electron chi connectivity index (χ2n) is 5.77. The van der Waals surface area contributed by atoms with Crippen LogP contribution in [0.4, 0.5) is 0 Å². The molecule has 0 fully saturated rings. The number of fused-ring (bicyclic) bond motifs is 1. The summed E-state index contributed by atoms with van der Waals surface area (Å²) in [5.74, 6) is 2.10. The van der Waals surface area contributed by atoms with Gasteiger partial charge in [-0.25, -0.2) is 9.97 Å². The molecule has 4 rings (SSSR count). The van der Waals surface area contributed by atoms with Gasteiger partial charge in [-0.2, -0.15) is 0 Å². The molecular weight excluding hydrogens is 314 g/mol. The first-order valence-corrected chi connectivity index (χ1v) is 7.95. The molecule has 0 atom stereocenters. The van der Waals surface area contributed by atoms with Gasteiger partial charge in [0.1, 0.15) is 23.5 Å². The number of H-pyrrole nitrogens is 1. The smallest absolute Gasteiger partial charge is 0.231 e. The molecular formula is C20H17N3O2. The maximum atomic E-state index is 5.94. The highest BCUT2D eigenvalue weighted by atomic mass is 16.5. The van der Waals surface area contributed by atoms with Gasteiger partial charge in [0.2, 0.25) is 5.88 Å². The number of benzene rings is 2. The number of aromatic nitrogens is 3. The summed E-state index contributed by atoms with van der Waals surface area (Å²) in [6.07, 6.45) is 1.50. The molecule has 124 valence electrons. The summed E-state index contributed by atoms with van der Waals surface area (Å²) in [5, 5.41) is 0.842. The third-order valence-corrected chi connectivity index (χ3v) is 4.03. The first-order chi connectivity index (χ1) is 12.2. The van der Waals surface area contributed by atoms with Gasteiger partial charge in [0.15, 0.2) is 0 Å². The fourth-order valence-electron chi connectivity index (χ4n) is 2.64. The first kappa shape index (κ1) is 15.2. The summed E-state index contributed by atoms with van der Waals surface area (Å²) in [6.45, 7) is 2.04. The largest absolute Gasteiger partial charge is 0.497 e. The van der Waals surface area contributed by atoms with E-state index < -0.39 is 0 Å². The van der Waals surface area contributed by atoms with Gasteiger partial charge in [-0.15, -0.1) is 0 Å². The van der Waals surface area contributed by atoms with Crippen LogP contribution >= 0.6 is 0 Å². The standard InChI is InChI=1S/C20H17N3O2/c1-13-3-7-16(8-4-13)25-20-17-11-18(23-19(17)21-12-22-20)14-5-9-15(24-2)10-6-14/h3-12H,1-2H3,(H,21,22,23). The van der Waals surface area contributed by atoms with Crippen molar-refractivity contribution in [2.75, 3.05) is 7.11 Å². The van der Waals surface area contributed by atoms with E-state index in [1.165, 1.54) is 11.9 Å². The van der Waals surface area contributed by atoms with E-state index in [2.05, 4.69) is 15.0 Å². The summed E-state index contributed by atoms with van der Waals surface area (Å²) in [5.41, 5.74) is 3.92. The van der Waals surface area contributed by atoms with Crippen LogP contribution in [0.3, 0.4) is 0 Å². The van der Waals surface area contributed by atoms with Crippen molar-refractivity contribution in [3.05, 3.63) is 66.5 Å². The van der Waals surface area contributed by atoms with Crippen molar-refractivity contribution >= 4 is 11.0 Å². The minimum atomic E-state index is 0.532. The Kier molecular flexibility index (Phi) is 3.82. The number of nitrogens with zero attached hydrogens (tertiary/aromatic N) is 2. The molecule has 5 heteroatoms. The van der Waals surface area contributed by atoms with Gasteiger partial charge in [0, 0.05) is 5.69 Å². The van der Waals surface area contributed by atoms with Crippen molar-refractivity contribution in [2.45, 2.75) is 6.92 Å². The summed E-state index contributed by atoms with van der Waals surface area (Å²) in [7, 11) is 1.65. The molecule has 0 aliphatic carbocycles. The summed E-state index contributed by atoms with van der Waals surface area (Å²) >= 11 is 0. The van der Waals surface area contributed by atoms with E-state index in [1.807, 2.05) is 61.5 Å². The zero-order valence-electron chi connectivity index (χ0n) is 14.0. The highest BCUT2D eigenvalue weighted by Crippen LogP contribution is 2.31. The van der Waals surface area contributed by atoms with Crippen molar-refractivity contribution in [2.24, 2.45) is 0 Å². The van der Waals surface area contributed by atoms with Crippen LogP contribution in [-0.4, -0.2) is 22.1 Å². The topological polar surface area (TPSA) is 60.0 Å². The Morgan fingerprint density at radius 3 is 2.32 bits per heavy atom. The molecule has 0 bridgehead atoms. The molecule has 5 nitrogen and oxygen atoms in total. The lowest BCUT2D eigenvalue weighted by molar-refractivity contribution is 0.415. The number of rotatable bonds is 4. The Hall–Kier alpha value is -3.34. The molecule has 0 spiro atoms. The number of methoxy groups -OCH3 is 1. The number of aryl methyl sites for hydroxylation is 1. The molecule has 1 N–H and O–H groups in total. The quantitative estimate of drug-likeness (QED) is 0.587. The maximum absolute atomic E-state index is 5.94. The third-order valence-electron chi connectivity index (χ3n) is 4.03. The molecule has 0 radical (unpaired) electrons. The summed E-state index contributed by atoms with van der Waals surface area (Å²) in [6, 6.07) is 17.7. The zero-order chi connectivity index (χ0) is 17.2. The molecule has 0 amide bonds. The van der Waals surface area contributed by atoms with Gasteiger partial charge >= 0.3 is 0 Å². The molecule has 0 saturated carbocycles. The van der Waals surface area contributed by atoms with E-state index in [0.717, 1.165) is 33.8 Å². The molecule has 0 unspecified atom stereocenters. The Bertz CT molecular complexity index is 1010. The van der Waals surface area contributed by atoms with Crippen LogP contribution < -0.4 is 9.47 Å². The number of aromatic amines is 1. The van der Waals surface area contributed by atoms with Gasteiger partial charge in [0.25, 0.3) is 0 Å². The van der Waals surface area contributed by atoms with Crippen LogP contribution in [0.25, 0.3) is 22.3 Å². The Morgan fingerprint density at radius 1 is 0.880 bits per heavy atom. The highest BCUT2D eigenvalue weighted by molar-refractivity contribution is 5.87. The fourth-order valence-corrected chi connectivity index (χ4v) is 2.64. The molecule has 0 aliphatic rings. The average molecular weight is 331 g/mol. The second kappa shape index (κ2) is 6.28. The average Bonchev–Trinajstić information content (AvgIpc) is 3.09. The van der Waals surface area contributed by atoms with Crippen LogP contribution in [0, 0.1) is 6.92 Å². The second-order valence-corrected chi connectivity index (χ2v) is 5.77. The summed E-state index contributed by atoms with van der Waals surface area (Å²) < 4.78 is 11.1. The van der Waals surface area contributed by atoms with E-state index in [9.17, 15) is 0 Å². The molecule has 4 aromatic rings. The molecule has 2 aromatic heterocycles. The molecule has 25 heavy (non-hydrogen) atoms. The van der Waals surface area contributed by atoms with Crippen LogP contribution in [0.2, 0.25) is 0 Å². The highest BCUT2D eigenvalue weighted by Gasteiger charge is 2.11. The van der Waals surface area contributed by atoms with E-state index in [4.69, 9.17) is 9.47 Å². The summed E-state index contributed by atoms with van der Waals surface area (Å²) in [4.78, 5) is 11.9. The third kappa shape index (κ3) is 3.04. The van der Waals surface area contributed by atoms with Crippen LogP contribution in [0.5, 0.6) is 17.4 Å². The lowest BCUT2D eigenvalue weighted by atomic mass is 10.1. The van der Waals surface area contributed by atoms with Crippen molar-refractivity contribution < 1.29 is 9.47 Å². The number of ether oxygens (including phenoxy) is 2. The molecule has 2 aromatic carbocycles. The van der Waals surface area contributed by atoms with Crippen LogP contribution in [-0.2, 0) is 0 Å². The van der Waals surface area contributed by atoms with Crippen LogP contribution in [0.1, 0.15) is 5.56 Å². The van der Waals surface area contributed by atoms with E-state index in [0.29, 0.717) is 5.88 Å². The van der Waals surface area contributed by atoms with Crippen LogP contribution in [0.15, 0.2) is 60.9 Å². The van der Waals surface area contributed by atoms with E-state index >= 15 is 0 Å².